The maximum atomic E-state index is 12.1. The first-order valence-electron chi connectivity index (χ1n) is 7.73. The zero-order valence-corrected chi connectivity index (χ0v) is 14.3. The molecular weight excluding hydrogens is 356 g/mol. The Morgan fingerprint density at radius 3 is 2.58 bits per heavy atom. The average molecular weight is 371 g/mol. The lowest BCUT2D eigenvalue weighted by Gasteiger charge is -2.03. The fourth-order valence-electron chi connectivity index (χ4n) is 2.22. The van der Waals surface area contributed by atoms with Crippen molar-refractivity contribution in [2.24, 2.45) is 0 Å². The van der Waals surface area contributed by atoms with Gasteiger partial charge in [-0.3, -0.25) is 4.79 Å². The Morgan fingerprint density at radius 2 is 1.85 bits per heavy atom. The molecule has 0 fully saturated rings. The first kappa shape index (κ1) is 17.6. The zero-order chi connectivity index (χ0) is 18.5. The minimum absolute atomic E-state index is 0.0944. The molecule has 0 amide bonds. The number of hydrogen-bond acceptors (Lipinski definition) is 5. The van der Waals surface area contributed by atoms with E-state index < -0.39 is 5.78 Å². The summed E-state index contributed by atoms with van der Waals surface area (Å²) in [6.07, 6.45) is 2.79. The number of allylic oxidation sites excluding steroid dienone is 1. The molecule has 0 unspecified atom stereocenters. The van der Waals surface area contributed by atoms with Crippen molar-refractivity contribution in [3.8, 4) is 17.2 Å². The van der Waals surface area contributed by atoms with Crippen molar-refractivity contribution < 1.29 is 24.2 Å². The molecule has 2 N–H and O–H groups in total. The minimum atomic E-state index is -0.405. The quantitative estimate of drug-likeness (QED) is 0.480. The molecule has 0 aliphatic heterocycles. The largest absolute Gasteiger partial charge is 0.508 e. The second-order valence-electron chi connectivity index (χ2n) is 5.45. The third-order valence-corrected chi connectivity index (χ3v) is 3.77. The van der Waals surface area contributed by atoms with Gasteiger partial charge in [-0.25, -0.2) is 0 Å². The summed E-state index contributed by atoms with van der Waals surface area (Å²) in [4.78, 5) is 12.1. The molecule has 1 aromatic heterocycles. The lowest BCUT2D eigenvalue weighted by molar-refractivity contribution is 0.104. The van der Waals surface area contributed by atoms with Crippen LogP contribution in [0.3, 0.4) is 0 Å². The number of hydrogen-bond donors (Lipinski definition) is 2. The van der Waals surface area contributed by atoms with Gasteiger partial charge in [0.25, 0.3) is 0 Å². The molecule has 0 aliphatic rings. The van der Waals surface area contributed by atoms with Crippen LogP contribution in [-0.4, -0.2) is 16.0 Å². The van der Waals surface area contributed by atoms with E-state index in [-0.39, 0.29) is 23.7 Å². The van der Waals surface area contributed by atoms with Gasteiger partial charge >= 0.3 is 0 Å². The standard InChI is InChI=1S/C20H15ClO5/c21-13-1-4-15(5-2-13)25-12-17-7-6-16(26-17)8-10-19(23)18-9-3-14(22)11-20(18)24/h1-11,22,24H,12H2/b10-8+. The van der Waals surface area contributed by atoms with E-state index in [0.717, 1.165) is 6.07 Å². The van der Waals surface area contributed by atoms with Crippen LogP contribution in [0.4, 0.5) is 0 Å². The molecule has 2 aromatic carbocycles. The van der Waals surface area contributed by atoms with Gasteiger partial charge < -0.3 is 19.4 Å². The fraction of sp³-hybridized carbons (Fsp3) is 0.0500. The molecule has 0 bridgehead atoms. The number of carbonyl (C=O) groups is 1. The molecule has 0 radical (unpaired) electrons. The molecule has 0 spiro atoms. The lowest BCUT2D eigenvalue weighted by atomic mass is 10.1. The molecule has 0 saturated heterocycles. The van der Waals surface area contributed by atoms with Gasteiger partial charge in [0.2, 0.25) is 0 Å². The molecule has 6 heteroatoms. The Labute approximate surface area is 154 Å². The van der Waals surface area contributed by atoms with Gasteiger partial charge in [-0.15, -0.1) is 0 Å². The predicted molar refractivity (Wildman–Crippen MR) is 97.6 cm³/mol. The van der Waals surface area contributed by atoms with E-state index in [1.807, 2.05) is 0 Å². The average Bonchev–Trinajstić information content (AvgIpc) is 3.07. The molecule has 1 heterocycles. The third kappa shape index (κ3) is 4.46. The van der Waals surface area contributed by atoms with Crippen molar-refractivity contribution in [2.75, 3.05) is 0 Å². The minimum Gasteiger partial charge on any atom is -0.508 e. The number of rotatable bonds is 6. The van der Waals surface area contributed by atoms with Crippen molar-refractivity contribution in [1.82, 2.24) is 0 Å². The summed E-state index contributed by atoms with van der Waals surface area (Å²) in [6, 6.07) is 14.2. The van der Waals surface area contributed by atoms with Crippen LogP contribution < -0.4 is 4.74 Å². The van der Waals surface area contributed by atoms with E-state index in [9.17, 15) is 15.0 Å². The summed E-state index contributed by atoms with van der Waals surface area (Å²) in [6.45, 7) is 0.238. The number of phenols is 2. The second-order valence-corrected chi connectivity index (χ2v) is 5.88. The molecule has 3 rings (SSSR count). The van der Waals surface area contributed by atoms with E-state index in [1.54, 1.807) is 36.4 Å². The number of furan rings is 1. The number of benzene rings is 2. The molecule has 0 saturated carbocycles. The predicted octanol–water partition coefficient (Wildman–Crippen LogP) is 4.82. The summed E-state index contributed by atoms with van der Waals surface area (Å²) in [7, 11) is 0. The van der Waals surface area contributed by atoms with Gasteiger partial charge in [0, 0.05) is 11.1 Å². The highest BCUT2D eigenvalue weighted by atomic mass is 35.5. The summed E-state index contributed by atoms with van der Waals surface area (Å²) in [5, 5.41) is 19.6. The van der Waals surface area contributed by atoms with Gasteiger partial charge in [0.15, 0.2) is 5.78 Å². The highest BCUT2D eigenvalue weighted by Gasteiger charge is 2.09. The summed E-state index contributed by atoms with van der Waals surface area (Å²) >= 11 is 5.82. The number of ether oxygens (including phenoxy) is 1. The Hall–Kier alpha value is -3.18. The summed E-state index contributed by atoms with van der Waals surface area (Å²) < 4.78 is 11.2. The highest BCUT2D eigenvalue weighted by Crippen LogP contribution is 2.23. The SMILES string of the molecule is O=C(/C=C/c1ccc(COc2ccc(Cl)cc2)o1)c1ccc(O)cc1O. The second kappa shape index (κ2) is 7.80. The third-order valence-electron chi connectivity index (χ3n) is 3.52. The van der Waals surface area contributed by atoms with Crippen molar-refractivity contribution in [2.45, 2.75) is 6.61 Å². The van der Waals surface area contributed by atoms with Crippen molar-refractivity contribution in [3.63, 3.8) is 0 Å². The van der Waals surface area contributed by atoms with Crippen LogP contribution in [0, 0.1) is 0 Å². The van der Waals surface area contributed by atoms with Gasteiger partial charge in [-0.05, 0) is 60.7 Å². The molecule has 132 valence electrons. The first-order chi connectivity index (χ1) is 12.5. The van der Waals surface area contributed by atoms with Crippen LogP contribution in [0.25, 0.3) is 6.08 Å². The van der Waals surface area contributed by atoms with Crippen LogP contribution in [0.5, 0.6) is 17.2 Å². The summed E-state index contributed by atoms with van der Waals surface area (Å²) in [5.74, 6) is 0.945. The maximum Gasteiger partial charge on any atom is 0.189 e. The van der Waals surface area contributed by atoms with Gasteiger partial charge in [0.05, 0.1) is 5.56 Å². The normalized spacial score (nSPS) is 11.0. The summed E-state index contributed by atoms with van der Waals surface area (Å²) in [5.41, 5.74) is 0.0944. The number of phenolic OH excluding ortho intramolecular Hbond substituents is 2. The monoisotopic (exact) mass is 370 g/mol. The maximum absolute atomic E-state index is 12.1. The Balaban J connectivity index is 1.61. The van der Waals surface area contributed by atoms with Crippen molar-refractivity contribution in [1.29, 1.82) is 0 Å². The van der Waals surface area contributed by atoms with Crippen LogP contribution in [0.2, 0.25) is 5.02 Å². The first-order valence-corrected chi connectivity index (χ1v) is 8.10. The van der Waals surface area contributed by atoms with Crippen LogP contribution in [0.15, 0.2) is 65.1 Å². The zero-order valence-electron chi connectivity index (χ0n) is 13.6. The van der Waals surface area contributed by atoms with Crippen LogP contribution >= 0.6 is 11.6 Å². The fourth-order valence-corrected chi connectivity index (χ4v) is 2.35. The number of ketones is 1. The molecule has 26 heavy (non-hydrogen) atoms. The van der Waals surface area contributed by atoms with Crippen LogP contribution in [-0.2, 0) is 6.61 Å². The van der Waals surface area contributed by atoms with Crippen molar-refractivity contribution >= 4 is 23.5 Å². The Kier molecular flexibility index (Phi) is 5.29. The number of halogens is 1. The molecule has 5 nitrogen and oxygen atoms in total. The number of aromatic hydroxyl groups is 2. The van der Waals surface area contributed by atoms with E-state index in [0.29, 0.717) is 22.3 Å². The molecule has 3 aromatic rings. The molecular formula is C20H15ClO5. The highest BCUT2D eigenvalue weighted by molar-refractivity contribution is 6.30. The van der Waals surface area contributed by atoms with Gasteiger partial charge in [-0.1, -0.05) is 11.6 Å². The Bertz CT molecular complexity index is 941. The molecule has 0 atom stereocenters. The number of carbonyl (C=O) groups excluding carboxylic acids is 1. The lowest BCUT2D eigenvalue weighted by Crippen LogP contribution is -1.94. The van der Waals surface area contributed by atoms with E-state index in [1.165, 1.54) is 24.3 Å². The van der Waals surface area contributed by atoms with E-state index >= 15 is 0 Å². The van der Waals surface area contributed by atoms with E-state index in [2.05, 4.69) is 0 Å². The topological polar surface area (TPSA) is 79.9 Å². The van der Waals surface area contributed by atoms with E-state index in [4.69, 9.17) is 20.8 Å². The molecule has 0 aliphatic carbocycles. The van der Waals surface area contributed by atoms with Gasteiger partial charge in [0.1, 0.15) is 35.4 Å². The van der Waals surface area contributed by atoms with Crippen molar-refractivity contribution in [3.05, 3.63) is 82.8 Å². The Morgan fingerprint density at radius 1 is 1.08 bits per heavy atom. The van der Waals surface area contributed by atoms with Crippen LogP contribution in [0.1, 0.15) is 21.9 Å². The van der Waals surface area contributed by atoms with Gasteiger partial charge in [-0.2, -0.15) is 0 Å². The smallest absolute Gasteiger partial charge is 0.189 e.